The number of carbonyl (C=O) groups excluding carboxylic acids is 8. The van der Waals surface area contributed by atoms with E-state index in [-0.39, 0.29) is 119 Å². The largest absolute Gasteiger partial charge is 0.349 e. The standard InChI is InChI=1S/C31H42N4O3.C30H40N4O3.C28H38N4O4S.2CH4.3H2S/c1-9-21(2)28(37)34-19-11-13-25(34)29(38)35(24-16-14-23(15-17-24)30(3,4)5)26(22-12-10-18-32-20-22)27(36)33-31(6,7)8;1-8-11-25(35)33-19-10-13-24(33)28(37)34(23-16-14-22(15-17-23)29(2,3)4)26(21-12-9-18-31-20-21)27(36)32-30(5,6)7;1-8-37(35,36)31-18-10-12-23(31)26(34)32(22-15-13-21(14-16-22)27(2,3)4)24(20-11-9-17-29-19-20)25(33)30-28(5,6)7;;;;;/h9-10,12,14-18,20,25-26H,11,13,19H2,1-8H3,(H,33,36);8-9,11-12,14-18,20,24,26H,10,13,19H2,1-7H3,(H,32,36);8-9,11,13-17,19,23-24H,1,10,12,18H2,2-7H3,(H,30,33);2*1H4;3*1H2/b21-9+;11-8+;;;;;;/t25-,26?;24-,26?;23-,24?;;;;;/m000...../s1. The molecule has 3 aliphatic rings. The normalized spacial score (nSPS) is 16.6. The molecular weight excluding hydrogens is 1550 g/mol. The molecule has 0 bridgehead atoms. The van der Waals surface area contributed by atoms with Gasteiger partial charge in [0.2, 0.25) is 45.5 Å². The van der Waals surface area contributed by atoms with Gasteiger partial charge in [0, 0.05) is 118 Å². The first kappa shape index (κ1) is 104. The Morgan fingerprint density at radius 2 is 0.744 bits per heavy atom. The number of nitrogens with zero attached hydrogens (tertiary/aromatic N) is 9. The maximum absolute atomic E-state index is 14.5. The van der Waals surface area contributed by atoms with E-state index in [1.807, 2.05) is 148 Å². The predicted octanol–water partition coefficient (Wildman–Crippen LogP) is 16.2. The number of hydrogen-bond acceptors (Lipinski definition) is 13. The van der Waals surface area contributed by atoms with Crippen LogP contribution in [0.2, 0.25) is 0 Å². The Kier molecular flexibility index (Phi) is 38.9. The lowest BCUT2D eigenvalue weighted by Crippen LogP contribution is -2.54. The van der Waals surface area contributed by atoms with Crippen molar-refractivity contribution in [1.82, 2.24) is 45.0 Å². The Hall–Kier alpha value is -8.95. The van der Waals surface area contributed by atoms with E-state index in [2.05, 4.69) is 99.8 Å². The number of sulfonamides is 1. The van der Waals surface area contributed by atoms with Crippen LogP contribution in [-0.4, -0.2) is 139 Å². The fourth-order valence-corrected chi connectivity index (χ4v) is 14.9. The second-order valence-electron chi connectivity index (χ2n) is 35.1. The molecule has 6 atom stereocenters. The van der Waals surface area contributed by atoms with Crippen LogP contribution in [0.5, 0.6) is 0 Å². The van der Waals surface area contributed by atoms with E-state index >= 15 is 0 Å². The summed E-state index contributed by atoms with van der Waals surface area (Å²) >= 11 is 0. The molecule has 0 saturated carbocycles. The maximum atomic E-state index is 14.5. The molecule has 3 unspecified atom stereocenters. The Morgan fingerprint density at radius 1 is 0.453 bits per heavy atom. The van der Waals surface area contributed by atoms with Gasteiger partial charge in [0.25, 0.3) is 11.8 Å². The van der Waals surface area contributed by atoms with Crippen molar-refractivity contribution in [3.63, 3.8) is 0 Å². The number of allylic oxidation sites excluding steroid dienone is 2. The van der Waals surface area contributed by atoms with Crippen LogP contribution in [0.3, 0.4) is 0 Å². The SMILES string of the molecule is C.C.C/C=C(\C)C(=O)N1CCC[C@H]1C(=O)N(c1ccc(C(C)(C)C)cc1)C(C(=O)NC(C)(C)C)c1cccnc1.C/C=C/C(=O)N1CCC[C@H]1C(=O)N(c1ccc(C(C)(C)C)cc1)C(C(=O)NC(C)(C)C)c1cccnc1.C=CS(=O)(=O)N1CCC[C@H]1C(=O)N(c1ccc(C(C)(C)C)cc1)C(C(=O)NC(C)(C)C)c1cccnc1.S.S.S. The summed E-state index contributed by atoms with van der Waals surface area (Å²) in [6.45, 7) is 46.1. The molecule has 0 spiro atoms. The summed E-state index contributed by atoms with van der Waals surface area (Å²) in [5, 5.41) is 9.97. The lowest BCUT2D eigenvalue weighted by atomic mass is 9.87. The number of nitrogens with one attached hydrogen (secondary N) is 3. The Balaban J connectivity index is 0.000000583. The number of hydrogen-bond donors (Lipinski definition) is 3. The molecule has 3 aliphatic heterocycles. The van der Waals surface area contributed by atoms with Crippen molar-refractivity contribution in [2.75, 3.05) is 34.3 Å². The summed E-state index contributed by atoms with van der Waals surface area (Å²) in [4.78, 5) is 131. The molecule has 8 amide bonds. The molecule has 6 aromatic rings. The molecule has 3 N–H and O–H groups in total. The van der Waals surface area contributed by atoms with E-state index in [1.165, 1.54) is 15.3 Å². The number of carbonyl (C=O) groups is 8. The average Bonchev–Trinajstić information content (AvgIpc) is 1.75. The second kappa shape index (κ2) is 43.7. The van der Waals surface area contributed by atoms with E-state index in [4.69, 9.17) is 0 Å². The van der Waals surface area contributed by atoms with E-state index < -0.39 is 68.8 Å². The van der Waals surface area contributed by atoms with Crippen LogP contribution in [0, 0.1) is 0 Å². The number of benzene rings is 3. The van der Waals surface area contributed by atoms with Crippen LogP contribution in [0.25, 0.3) is 0 Å². The maximum Gasteiger partial charge on any atom is 0.250 e. The first-order valence-corrected chi connectivity index (χ1v) is 40.2. The highest BCUT2D eigenvalue weighted by Gasteiger charge is 2.47. The second-order valence-corrected chi connectivity index (χ2v) is 36.9. The summed E-state index contributed by atoms with van der Waals surface area (Å²) in [5.74, 6) is -2.37. The molecule has 0 aliphatic carbocycles. The van der Waals surface area contributed by atoms with Gasteiger partial charge in [0.05, 0.1) is 0 Å². The zero-order chi connectivity index (χ0) is 83.2. The quantitative estimate of drug-likeness (QED) is 0.0638. The monoisotopic (exact) mass is 1680 g/mol. The van der Waals surface area contributed by atoms with Gasteiger partial charge in [-0.25, -0.2) is 8.42 Å². The summed E-state index contributed by atoms with van der Waals surface area (Å²) in [7, 11) is -3.84. The van der Waals surface area contributed by atoms with E-state index in [0.717, 1.165) is 34.9 Å². The third kappa shape index (κ3) is 27.8. The molecular formula is C91H134N12O10S4. The smallest absolute Gasteiger partial charge is 0.250 e. The number of anilines is 3. The lowest BCUT2D eigenvalue weighted by Gasteiger charge is -2.37. The first-order valence-electron chi connectivity index (χ1n) is 38.7. The van der Waals surface area contributed by atoms with Gasteiger partial charge in [0.15, 0.2) is 0 Å². The van der Waals surface area contributed by atoms with Gasteiger partial charge < -0.3 is 25.8 Å². The van der Waals surface area contributed by atoms with Crippen molar-refractivity contribution >= 4 is 115 Å². The van der Waals surface area contributed by atoms with Gasteiger partial charge in [0.1, 0.15) is 36.3 Å². The summed E-state index contributed by atoms with van der Waals surface area (Å²) in [5.41, 5.74) is 5.48. The number of amides is 8. The van der Waals surface area contributed by atoms with Gasteiger partial charge in [-0.05, 0) is 215 Å². The van der Waals surface area contributed by atoms with E-state index in [1.54, 1.807) is 113 Å². The fraction of sp³-hybridized carbons (Fsp3) is 0.484. The van der Waals surface area contributed by atoms with Crippen molar-refractivity contribution in [3.05, 3.63) is 216 Å². The predicted molar refractivity (Wildman–Crippen MR) is 490 cm³/mol. The minimum Gasteiger partial charge on any atom is -0.349 e. The highest BCUT2D eigenvalue weighted by Crippen LogP contribution is 2.39. The third-order valence-electron chi connectivity index (χ3n) is 19.5. The van der Waals surface area contributed by atoms with Crippen LogP contribution < -0.4 is 30.7 Å². The van der Waals surface area contributed by atoms with E-state index in [0.29, 0.717) is 78.1 Å². The first-order chi connectivity index (χ1) is 52.2. The highest BCUT2D eigenvalue weighted by molar-refractivity contribution is 7.92. The molecule has 0 radical (unpaired) electrons. The number of aromatic nitrogens is 3. The molecule has 117 heavy (non-hydrogen) atoms. The average molecular weight is 1680 g/mol. The van der Waals surface area contributed by atoms with Crippen LogP contribution >= 0.6 is 40.5 Å². The van der Waals surface area contributed by atoms with Crippen LogP contribution in [0.1, 0.15) is 250 Å². The van der Waals surface area contributed by atoms with Gasteiger partial charge in [-0.3, -0.25) is 68.0 Å². The van der Waals surface area contributed by atoms with Gasteiger partial charge in [-0.2, -0.15) is 44.8 Å². The van der Waals surface area contributed by atoms with Gasteiger partial charge >= 0.3 is 0 Å². The molecule has 9 rings (SSSR count). The molecule has 3 aromatic heterocycles. The van der Waals surface area contributed by atoms with Crippen molar-refractivity contribution < 1.29 is 46.8 Å². The Labute approximate surface area is 719 Å². The zero-order valence-corrected chi connectivity index (χ0v) is 75.0. The van der Waals surface area contributed by atoms with Crippen LogP contribution in [0.15, 0.2) is 182 Å². The fourth-order valence-electron chi connectivity index (χ4n) is 13.8. The van der Waals surface area contributed by atoms with Crippen LogP contribution in [0.4, 0.5) is 17.1 Å². The molecule has 3 fully saturated rings. The molecule has 26 heteroatoms. The van der Waals surface area contributed by atoms with Gasteiger partial charge in [-0.1, -0.05) is 150 Å². The summed E-state index contributed by atoms with van der Waals surface area (Å²) in [6.07, 6.45) is 18.0. The summed E-state index contributed by atoms with van der Waals surface area (Å²) < 4.78 is 26.7. The molecule has 6 heterocycles. The summed E-state index contributed by atoms with van der Waals surface area (Å²) in [6, 6.07) is 28.4. The Bertz CT molecular complexity index is 4450. The highest BCUT2D eigenvalue weighted by atomic mass is 32.2. The third-order valence-corrected chi connectivity index (χ3v) is 21.0. The minimum atomic E-state index is -3.84. The number of pyridine rings is 3. The molecule has 3 saturated heterocycles. The minimum absolute atomic E-state index is 0. The molecule has 3 aromatic carbocycles. The van der Waals surface area contributed by atoms with Crippen molar-refractivity contribution in [2.24, 2.45) is 0 Å². The van der Waals surface area contributed by atoms with Crippen molar-refractivity contribution in [3.8, 4) is 0 Å². The van der Waals surface area contributed by atoms with Crippen molar-refractivity contribution in [2.45, 2.75) is 268 Å². The van der Waals surface area contributed by atoms with Gasteiger partial charge in [-0.15, -0.1) is 0 Å². The van der Waals surface area contributed by atoms with Crippen LogP contribution in [-0.2, 0) is 64.6 Å². The Morgan fingerprint density at radius 3 is 1.02 bits per heavy atom. The topological polar surface area (TPSA) is 265 Å². The molecule has 642 valence electrons. The van der Waals surface area contributed by atoms with E-state index in [9.17, 15) is 46.8 Å². The lowest BCUT2D eigenvalue weighted by molar-refractivity contribution is -0.135. The zero-order valence-electron chi connectivity index (χ0n) is 71.2. The number of likely N-dealkylation sites (tertiary alicyclic amines) is 2. The van der Waals surface area contributed by atoms with Crippen molar-refractivity contribution in [1.29, 1.82) is 0 Å². The molecule has 22 nitrogen and oxygen atoms in total. The number of rotatable bonds is 19.